The van der Waals surface area contributed by atoms with E-state index in [4.69, 9.17) is 9.90 Å². The van der Waals surface area contributed by atoms with Crippen molar-refractivity contribution < 1.29 is 14.4 Å². The molecule has 0 aromatic carbocycles. The monoisotopic (exact) mass is 190 g/mol. The van der Waals surface area contributed by atoms with Gasteiger partial charge in [0.1, 0.15) is 6.54 Å². The molecule has 0 aromatic rings. The Bertz CT molecular complexity index is 78.9. The number of hydrogen-bond acceptors (Lipinski definition) is 2. The lowest BCUT2D eigenvalue weighted by Crippen LogP contribution is -2.49. The second-order valence-corrected chi connectivity index (χ2v) is 2.74. The van der Waals surface area contributed by atoms with Crippen LogP contribution in [0.2, 0.25) is 0 Å². The van der Waals surface area contributed by atoms with E-state index < -0.39 is 0 Å². The molecule has 0 aromatic heterocycles. The summed E-state index contributed by atoms with van der Waals surface area (Å²) in [5.74, 6) is 0. The maximum absolute atomic E-state index is 8.78. The quantitative estimate of drug-likeness (QED) is 0.459. The molecule has 4 heteroatoms. The SMILES string of the molecule is CC[N+](CC)(CC)CCO.[O-][Si]. The van der Waals surface area contributed by atoms with E-state index in [1.54, 1.807) is 10.5 Å². The van der Waals surface area contributed by atoms with E-state index in [-0.39, 0.29) is 0 Å². The van der Waals surface area contributed by atoms with Gasteiger partial charge in [-0.2, -0.15) is 0 Å². The Kier molecular flexibility index (Phi) is 11.2. The summed E-state index contributed by atoms with van der Waals surface area (Å²) < 4.78 is 1.05. The van der Waals surface area contributed by atoms with Gasteiger partial charge in [0.2, 0.25) is 0 Å². The highest BCUT2D eigenvalue weighted by Gasteiger charge is 2.18. The fraction of sp³-hybridized carbons (Fsp3) is 1.00. The maximum Gasteiger partial charge on any atom is 0.102 e. The highest BCUT2D eigenvalue weighted by atomic mass is 28.2. The Hall–Kier alpha value is 0.0969. The van der Waals surface area contributed by atoms with Crippen LogP contribution < -0.4 is 4.80 Å². The molecule has 0 unspecified atom stereocenters. The van der Waals surface area contributed by atoms with Gasteiger partial charge in [-0.15, -0.1) is 10.5 Å². The molecule has 0 atom stereocenters. The first kappa shape index (κ1) is 14.6. The number of hydrogen-bond donors (Lipinski definition) is 1. The molecule has 0 aliphatic rings. The Labute approximate surface area is 79.2 Å². The summed E-state index contributed by atoms with van der Waals surface area (Å²) in [6.45, 7) is 11.2. The second-order valence-electron chi connectivity index (χ2n) is 2.74. The lowest BCUT2D eigenvalue weighted by atomic mass is 10.3. The van der Waals surface area contributed by atoms with Gasteiger partial charge in [-0.25, -0.2) is 0 Å². The van der Waals surface area contributed by atoms with Crippen molar-refractivity contribution in [1.82, 2.24) is 0 Å². The fourth-order valence-corrected chi connectivity index (χ4v) is 1.36. The third-order valence-electron chi connectivity index (χ3n) is 2.59. The minimum Gasteiger partial charge on any atom is -0.866 e. The second kappa shape index (κ2) is 9.19. The summed E-state index contributed by atoms with van der Waals surface area (Å²) in [5, 5.41) is 8.78. The van der Waals surface area contributed by atoms with Crippen LogP contribution in [0.25, 0.3) is 0 Å². The molecular weight excluding hydrogens is 170 g/mol. The number of aliphatic hydroxyl groups excluding tert-OH is 1. The highest BCUT2D eigenvalue weighted by Crippen LogP contribution is 2.03. The standard InChI is InChI=1S/C8H20NO.OSi/c1-4-9(5-2,6-3)7-8-10;1-2/h10H,4-8H2,1-3H3;/q+1;-1. The molecule has 0 saturated heterocycles. The summed E-state index contributed by atoms with van der Waals surface area (Å²) in [6.07, 6.45) is 0. The van der Waals surface area contributed by atoms with E-state index in [1.807, 2.05) is 0 Å². The molecule has 3 radical (unpaired) electrons. The van der Waals surface area contributed by atoms with Gasteiger partial charge in [0.15, 0.2) is 0 Å². The Morgan fingerprint density at radius 2 is 1.42 bits per heavy atom. The Morgan fingerprint density at radius 3 is 1.50 bits per heavy atom. The zero-order chi connectivity index (χ0) is 10.0. The molecule has 0 aliphatic carbocycles. The zero-order valence-corrected chi connectivity index (χ0v) is 9.34. The minimum absolute atomic E-state index is 0.315. The average molecular weight is 190 g/mol. The van der Waals surface area contributed by atoms with Crippen LogP contribution in [0.1, 0.15) is 20.8 Å². The molecule has 0 heterocycles. The Balaban J connectivity index is 0. The number of likely N-dealkylation sites (N-methyl/N-ethyl adjacent to an activating group) is 1. The summed E-state index contributed by atoms with van der Waals surface area (Å²) in [7, 11) is 1.72. The predicted molar refractivity (Wildman–Crippen MR) is 49.6 cm³/mol. The van der Waals surface area contributed by atoms with Gasteiger partial charge in [0.05, 0.1) is 26.2 Å². The highest BCUT2D eigenvalue weighted by molar-refractivity contribution is 5.92. The first-order chi connectivity index (χ1) is 5.74. The largest absolute Gasteiger partial charge is 0.866 e. The van der Waals surface area contributed by atoms with E-state index in [1.165, 1.54) is 0 Å². The van der Waals surface area contributed by atoms with Crippen molar-refractivity contribution in [3.63, 3.8) is 0 Å². The van der Waals surface area contributed by atoms with Crippen LogP contribution in [0.3, 0.4) is 0 Å². The van der Waals surface area contributed by atoms with Crippen LogP contribution in [-0.4, -0.2) is 52.9 Å². The topological polar surface area (TPSA) is 43.3 Å². The van der Waals surface area contributed by atoms with Gasteiger partial charge in [-0.05, 0) is 20.8 Å². The smallest absolute Gasteiger partial charge is 0.102 e. The van der Waals surface area contributed by atoms with Crippen LogP contribution in [0.15, 0.2) is 0 Å². The van der Waals surface area contributed by atoms with Crippen LogP contribution in [0, 0.1) is 0 Å². The summed E-state index contributed by atoms with van der Waals surface area (Å²) in [4.78, 5) is 8.06. The van der Waals surface area contributed by atoms with Gasteiger partial charge in [-0.1, -0.05) is 0 Å². The van der Waals surface area contributed by atoms with Crippen LogP contribution in [-0.2, 0) is 0 Å². The molecule has 0 rings (SSSR count). The van der Waals surface area contributed by atoms with Crippen molar-refractivity contribution >= 4 is 10.5 Å². The molecular formula is C8H20NO2Si. The van der Waals surface area contributed by atoms with Crippen LogP contribution >= 0.6 is 0 Å². The number of nitrogens with zero attached hydrogens (tertiary/aromatic N) is 1. The Morgan fingerprint density at radius 1 is 1.08 bits per heavy atom. The van der Waals surface area contributed by atoms with E-state index in [0.717, 1.165) is 30.7 Å². The van der Waals surface area contributed by atoms with Crippen LogP contribution in [0.4, 0.5) is 0 Å². The minimum atomic E-state index is 0.315. The molecule has 1 N–H and O–H groups in total. The van der Waals surface area contributed by atoms with Gasteiger partial charge in [-0.3, -0.25) is 0 Å². The average Bonchev–Trinajstić information content (AvgIpc) is 2.18. The van der Waals surface area contributed by atoms with E-state index in [2.05, 4.69) is 20.8 Å². The van der Waals surface area contributed by atoms with Gasteiger partial charge >= 0.3 is 0 Å². The maximum atomic E-state index is 8.78. The summed E-state index contributed by atoms with van der Waals surface area (Å²) in [5.41, 5.74) is 0. The predicted octanol–water partition coefficient (Wildman–Crippen LogP) is -0.715. The van der Waals surface area contributed by atoms with Crippen molar-refractivity contribution in [3.05, 3.63) is 0 Å². The van der Waals surface area contributed by atoms with Crippen molar-refractivity contribution in [2.45, 2.75) is 20.8 Å². The fourth-order valence-electron chi connectivity index (χ4n) is 1.36. The van der Waals surface area contributed by atoms with Crippen molar-refractivity contribution in [1.29, 1.82) is 0 Å². The van der Waals surface area contributed by atoms with Crippen LogP contribution in [0.5, 0.6) is 0 Å². The molecule has 3 nitrogen and oxygen atoms in total. The molecule has 0 spiro atoms. The van der Waals surface area contributed by atoms with Crippen molar-refractivity contribution in [2.24, 2.45) is 0 Å². The lowest BCUT2D eigenvalue weighted by molar-refractivity contribution is -0.923. The van der Waals surface area contributed by atoms with Gasteiger partial charge in [0.25, 0.3) is 0 Å². The number of rotatable bonds is 5. The molecule has 73 valence electrons. The van der Waals surface area contributed by atoms with E-state index in [9.17, 15) is 0 Å². The third-order valence-corrected chi connectivity index (χ3v) is 2.59. The van der Waals surface area contributed by atoms with E-state index in [0.29, 0.717) is 6.61 Å². The van der Waals surface area contributed by atoms with Gasteiger partial charge < -0.3 is 14.4 Å². The molecule has 0 bridgehead atoms. The molecule has 0 amide bonds. The van der Waals surface area contributed by atoms with Crippen molar-refractivity contribution in [3.8, 4) is 0 Å². The molecule has 12 heavy (non-hydrogen) atoms. The van der Waals surface area contributed by atoms with Gasteiger partial charge in [0, 0.05) is 0 Å². The number of aliphatic hydroxyl groups is 1. The van der Waals surface area contributed by atoms with E-state index >= 15 is 0 Å². The lowest BCUT2D eigenvalue weighted by Gasteiger charge is -2.34. The summed E-state index contributed by atoms with van der Waals surface area (Å²) in [6, 6.07) is 0. The zero-order valence-electron chi connectivity index (χ0n) is 8.34. The summed E-state index contributed by atoms with van der Waals surface area (Å²) >= 11 is 0. The molecule has 0 aliphatic heterocycles. The third kappa shape index (κ3) is 4.87. The van der Waals surface area contributed by atoms with Crippen molar-refractivity contribution in [2.75, 3.05) is 32.8 Å². The molecule has 0 saturated carbocycles. The normalized spacial score (nSPS) is 10.5. The first-order valence-corrected chi connectivity index (χ1v) is 4.81. The first-order valence-electron chi connectivity index (χ1n) is 4.41. The number of quaternary nitrogens is 1. The molecule has 0 fully saturated rings.